The van der Waals surface area contributed by atoms with Crippen molar-refractivity contribution in [2.75, 3.05) is 18.8 Å². The molecule has 3 N–H and O–H groups in total. The second-order valence-corrected chi connectivity index (χ2v) is 7.03. The Morgan fingerprint density at radius 3 is 2.95 bits per heavy atom. The van der Waals surface area contributed by atoms with E-state index < -0.39 is 10.0 Å². The number of nitrogens with one attached hydrogen (secondary N) is 2. The number of hydrogen-bond donors (Lipinski definition) is 3. The van der Waals surface area contributed by atoms with E-state index in [0.717, 1.165) is 24.8 Å². The first-order chi connectivity index (χ1) is 9.52. The van der Waals surface area contributed by atoms with Crippen LogP contribution in [-0.2, 0) is 16.4 Å². The summed E-state index contributed by atoms with van der Waals surface area (Å²) < 4.78 is 25.6. The Morgan fingerprint density at radius 2 is 2.20 bits per heavy atom. The fourth-order valence-electron chi connectivity index (χ4n) is 2.66. The molecule has 0 aromatic heterocycles. The Bertz CT molecular complexity index is 558. The number of aryl methyl sites for hydroxylation is 1. The maximum absolute atomic E-state index is 11.6. The van der Waals surface area contributed by atoms with Crippen molar-refractivity contribution >= 4 is 10.0 Å². The molecule has 0 saturated heterocycles. The summed E-state index contributed by atoms with van der Waals surface area (Å²) in [5, 5.41) is 12.9. The highest BCUT2D eigenvalue weighted by molar-refractivity contribution is 7.89. The second-order valence-electron chi connectivity index (χ2n) is 5.10. The number of fused-ring (bicyclic) bond motifs is 1. The Labute approximate surface area is 120 Å². The van der Waals surface area contributed by atoms with Gasteiger partial charge in [-0.3, -0.25) is 0 Å². The quantitative estimate of drug-likeness (QED) is 0.739. The molecule has 0 bridgehead atoms. The van der Waals surface area contributed by atoms with Crippen molar-refractivity contribution in [1.29, 1.82) is 0 Å². The van der Waals surface area contributed by atoms with Crippen molar-refractivity contribution in [3.63, 3.8) is 0 Å². The van der Waals surface area contributed by atoms with Gasteiger partial charge in [0.2, 0.25) is 10.0 Å². The predicted octanol–water partition coefficient (Wildman–Crippen LogP) is 1.30. The number of sulfonamides is 1. The van der Waals surface area contributed by atoms with Crippen LogP contribution in [0.2, 0.25) is 0 Å². The third-order valence-electron chi connectivity index (χ3n) is 3.57. The van der Waals surface area contributed by atoms with E-state index in [-0.39, 0.29) is 17.5 Å². The summed E-state index contributed by atoms with van der Waals surface area (Å²) in [6.45, 7) is 2.60. The van der Waals surface area contributed by atoms with Gasteiger partial charge in [-0.05, 0) is 42.5 Å². The van der Waals surface area contributed by atoms with E-state index in [1.54, 1.807) is 19.1 Å². The van der Waals surface area contributed by atoms with Crippen LogP contribution in [0.15, 0.2) is 18.2 Å². The van der Waals surface area contributed by atoms with Crippen LogP contribution in [0.3, 0.4) is 0 Å². The third kappa shape index (κ3) is 3.94. The van der Waals surface area contributed by atoms with Gasteiger partial charge < -0.3 is 10.4 Å². The van der Waals surface area contributed by atoms with Crippen LogP contribution < -0.4 is 10.0 Å². The molecule has 1 atom stereocenters. The molecule has 0 radical (unpaired) electrons. The van der Waals surface area contributed by atoms with Gasteiger partial charge in [0, 0.05) is 19.1 Å². The highest BCUT2D eigenvalue weighted by Crippen LogP contribution is 2.31. The van der Waals surface area contributed by atoms with Crippen LogP contribution in [0.25, 0.3) is 0 Å². The average Bonchev–Trinajstić information content (AvgIpc) is 2.39. The van der Waals surface area contributed by atoms with Gasteiger partial charge in [-0.15, -0.1) is 0 Å². The average molecular weight is 298 g/mol. The molecule has 0 spiro atoms. The number of hydrogen-bond acceptors (Lipinski definition) is 4. The number of phenolic OH excluding ortho intramolecular Hbond substituents is 1. The lowest BCUT2D eigenvalue weighted by Crippen LogP contribution is -2.34. The first kappa shape index (κ1) is 15.3. The minimum atomic E-state index is -3.18. The van der Waals surface area contributed by atoms with Gasteiger partial charge >= 0.3 is 0 Å². The normalized spacial score (nSPS) is 18.8. The summed E-state index contributed by atoms with van der Waals surface area (Å²) in [7, 11) is -3.18. The number of benzene rings is 1. The van der Waals surface area contributed by atoms with E-state index >= 15 is 0 Å². The second kappa shape index (κ2) is 6.56. The van der Waals surface area contributed by atoms with Crippen LogP contribution in [0.5, 0.6) is 5.75 Å². The molecular weight excluding hydrogens is 276 g/mol. The van der Waals surface area contributed by atoms with E-state index in [4.69, 9.17) is 0 Å². The van der Waals surface area contributed by atoms with Gasteiger partial charge in [0.1, 0.15) is 5.75 Å². The molecule has 6 heteroatoms. The molecule has 1 aliphatic carbocycles. The van der Waals surface area contributed by atoms with E-state index in [0.29, 0.717) is 13.1 Å². The highest BCUT2D eigenvalue weighted by atomic mass is 32.2. The largest absolute Gasteiger partial charge is 0.508 e. The van der Waals surface area contributed by atoms with Crippen LogP contribution in [0.4, 0.5) is 0 Å². The number of rotatable bonds is 6. The molecule has 1 unspecified atom stereocenters. The van der Waals surface area contributed by atoms with Gasteiger partial charge in [0.05, 0.1) is 5.75 Å². The van der Waals surface area contributed by atoms with Crippen molar-refractivity contribution < 1.29 is 13.5 Å². The van der Waals surface area contributed by atoms with Gasteiger partial charge in [-0.25, -0.2) is 13.1 Å². The summed E-state index contributed by atoms with van der Waals surface area (Å²) in [5.41, 5.74) is 2.33. The first-order valence-electron chi connectivity index (χ1n) is 7.04. The molecule has 2 rings (SSSR count). The molecule has 0 saturated carbocycles. The lowest BCUT2D eigenvalue weighted by atomic mass is 9.87. The molecule has 112 valence electrons. The zero-order chi connectivity index (χ0) is 14.6. The molecule has 20 heavy (non-hydrogen) atoms. The number of phenols is 1. The van der Waals surface area contributed by atoms with Gasteiger partial charge in [0.25, 0.3) is 0 Å². The van der Waals surface area contributed by atoms with Gasteiger partial charge in [0.15, 0.2) is 0 Å². The van der Waals surface area contributed by atoms with Gasteiger partial charge in [-0.2, -0.15) is 0 Å². The Hall–Kier alpha value is -1.11. The molecule has 1 aromatic rings. The van der Waals surface area contributed by atoms with Crippen LogP contribution in [0.1, 0.15) is 36.9 Å². The SMILES string of the molecule is CCNS(=O)(=O)CCNC1CCCc2ccc(O)cc21. The van der Waals surface area contributed by atoms with E-state index in [1.165, 1.54) is 5.56 Å². The summed E-state index contributed by atoms with van der Waals surface area (Å²) in [5.74, 6) is 0.337. The van der Waals surface area contributed by atoms with E-state index in [1.807, 2.05) is 6.07 Å². The monoisotopic (exact) mass is 298 g/mol. The minimum Gasteiger partial charge on any atom is -0.508 e. The lowest BCUT2D eigenvalue weighted by molar-refractivity contribution is 0.452. The van der Waals surface area contributed by atoms with Crippen LogP contribution >= 0.6 is 0 Å². The Balaban J connectivity index is 1.97. The fraction of sp³-hybridized carbons (Fsp3) is 0.571. The lowest BCUT2D eigenvalue weighted by Gasteiger charge is -2.26. The zero-order valence-corrected chi connectivity index (χ0v) is 12.5. The predicted molar refractivity (Wildman–Crippen MR) is 79.3 cm³/mol. The van der Waals surface area contributed by atoms with E-state index in [2.05, 4.69) is 10.0 Å². The minimum absolute atomic E-state index is 0.0749. The van der Waals surface area contributed by atoms with Crippen molar-refractivity contribution in [3.8, 4) is 5.75 Å². The van der Waals surface area contributed by atoms with Crippen molar-refractivity contribution in [3.05, 3.63) is 29.3 Å². The summed E-state index contributed by atoms with van der Waals surface area (Å²) in [4.78, 5) is 0. The molecule has 0 aliphatic heterocycles. The van der Waals surface area contributed by atoms with Crippen molar-refractivity contribution in [2.45, 2.75) is 32.2 Å². The molecule has 1 aliphatic rings. The number of aromatic hydroxyl groups is 1. The third-order valence-corrected chi connectivity index (χ3v) is 5.04. The first-order valence-corrected chi connectivity index (χ1v) is 8.69. The Kier molecular flexibility index (Phi) is 5.01. The maximum Gasteiger partial charge on any atom is 0.212 e. The molecule has 0 heterocycles. The molecule has 1 aromatic carbocycles. The Morgan fingerprint density at radius 1 is 1.40 bits per heavy atom. The molecule has 0 fully saturated rings. The molecule has 0 amide bonds. The summed E-state index contributed by atoms with van der Waals surface area (Å²) >= 11 is 0. The zero-order valence-electron chi connectivity index (χ0n) is 11.7. The summed E-state index contributed by atoms with van der Waals surface area (Å²) in [6.07, 6.45) is 3.07. The van der Waals surface area contributed by atoms with Crippen molar-refractivity contribution in [2.24, 2.45) is 0 Å². The highest BCUT2D eigenvalue weighted by Gasteiger charge is 2.20. The topological polar surface area (TPSA) is 78.4 Å². The maximum atomic E-state index is 11.6. The van der Waals surface area contributed by atoms with Crippen molar-refractivity contribution in [1.82, 2.24) is 10.0 Å². The fourth-order valence-corrected chi connectivity index (χ4v) is 3.63. The van der Waals surface area contributed by atoms with E-state index in [9.17, 15) is 13.5 Å². The van der Waals surface area contributed by atoms with Gasteiger partial charge in [-0.1, -0.05) is 13.0 Å². The van der Waals surface area contributed by atoms with Crippen LogP contribution in [0, 0.1) is 0 Å². The molecule has 5 nitrogen and oxygen atoms in total. The summed E-state index contributed by atoms with van der Waals surface area (Å²) in [6, 6.07) is 5.57. The molecular formula is C14H22N2O3S. The standard InChI is InChI=1S/C14H22N2O3S/c1-2-16-20(18,19)9-8-15-14-5-3-4-11-6-7-12(17)10-13(11)14/h6-7,10,14-17H,2-5,8-9H2,1H3. The smallest absolute Gasteiger partial charge is 0.212 e. The van der Waals surface area contributed by atoms with Crippen LogP contribution in [-0.4, -0.2) is 32.4 Å².